The van der Waals surface area contributed by atoms with Gasteiger partial charge in [-0.05, 0) is 36.2 Å². The number of alkyl halides is 3. The molecule has 0 aliphatic carbocycles. The molecule has 0 atom stereocenters. The van der Waals surface area contributed by atoms with E-state index in [0.29, 0.717) is 18.5 Å². The van der Waals surface area contributed by atoms with E-state index in [0.717, 1.165) is 23.8 Å². The van der Waals surface area contributed by atoms with Crippen molar-refractivity contribution in [1.82, 2.24) is 4.90 Å². The van der Waals surface area contributed by atoms with Crippen molar-refractivity contribution in [3.63, 3.8) is 0 Å². The average molecular weight is 373 g/mol. The molecule has 2 amide bonds. The molecule has 2 aromatic rings. The summed E-state index contributed by atoms with van der Waals surface area (Å²) in [6.45, 7) is 0.485. The number of urea groups is 1. The Hall–Kier alpha value is -2.28. The fourth-order valence-corrected chi connectivity index (χ4v) is 3.03. The highest BCUT2D eigenvalue weighted by Crippen LogP contribution is 2.36. The molecule has 132 valence electrons. The van der Waals surface area contributed by atoms with Crippen molar-refractivity contribution in [2.75, 3.05) is 11.9 Å². The van der Waals surface area contributed by atoms with Crippen molar-refractivity contribution >= 4 is 23.3 Å². The molecule has 1 N–H and O–H groups in total. The first-order valence-electron chi connectivity index (χ1n) is 7.44. The monoisotopic (exact) mass is 372 g/mol. The van der Waals surface area contributed by atoms with Gasteiger partial charge in [0, 0.05) is 17.8 Å². The topological polar surface area (TPSA) is 32.3 Å². The molecule has 0 saturated heterocycles. The zero-order valence-corrected chi connectivity index (χ0v) is 13.6. The van der Waals surface area contributed by atoms with Crippen LogP contribution in [0.15, 0.2) is 36.4 Å². The van der Waals surface area contributed by atoms with Crippen molar-refractivity contribution < 1.29 is 22.4 Å². The van der Waals surface area contributed by atoms with E-state index in [1.165, 1.54) is 11.0 Å². The molecule has 3 rings (SSSR count). The average Bonchev–Trinajstić information content (AvgIpc) is 2.53. The van der Waals surface area contributed by atoms with Crippen LogP contribution >= 0.6 is 11.6 Å². The van der Waals surface area contributed by atoms with Crippen LogP contribution in [0.2, 0.25) is 5.02 Å². The summed E-state index contributed by atoms with van der Waals surface area (Å²) in [4.78, 5) is 13.7. The Labute approximate surface area is 146 Å². The molecule has 1 aliphatic rings. The highest BCUT2D eigenvalue weighted by Gasteiger charge is 2.33. The van der Waals surface area contributed by atoms with Crippen molar-refractivity contribution in [2.24, 2.45) is 0 Å². The van der Waals surface area contributed by atoms with Gasteiger partial charge >= 0.3 is 12.2 Å². The van der Waals surface area contributed by atoms with Gasteiger partial charge in [-0.15, -0.1) is 0 Å². The zero-order chi connectivity index (χ0) is 18.2. The molecular weight excluding hydrogens is 360 g/mol. The van der Waals surface area contributed by atoms with E-state index in [4.69, 9.17) is 11.6 Å². The summed E-state index contributed by atoms with van der Waals surface area (Å²) in [6, 6.07) is 7.21. The Kier molecular flexibility index (Phi) is 4.60. The summed E-state index contributed by atoms with van der Waals surface area (Å²) in [5.41, 5.74) is 0.472. The molecule has 1 aliphatic heterocycles. The number of carbonyl (C=O) groups excluding carboxylic acids is 1. The minimum absolute atomic E-state index is 0.0994. The molecule has 8 heteroatoms. The van der Waals surface area contributed by atoms with Crippen LogP contribution in [0.3, 0.4) is 0 Å². The van der Waals surface area contributed by atoms with Gasteiger partial charge in [-0.1, -0.05) is 23.7 Å². The molecule has 0 radical (unpaired) electrons. The van der Waals surface area contributed by atoms with Gasteiger partial charge in [0.1, 0.15) is 5.82 Å². The standard InChI is InChI=1S/C17H13ClF4N2O/c18-14-8-11(4-5-13(14)17(20,21)22)23-16(25)24-7-6-10-2-1-3-15(19)12(10)9-24/h1-5,8H,6-7,9H2,(H,23,25). The predicted molar refractivity (Wildman–Crippen MR) is 86.0 cm³/mol. The highest BCUT2D eigenvalue weighted by molar-refractivity contribution is 6.31. The lowest BCUT2D eigenvalue weighted by Crippen LogP contribution is -2.39. The van der Waals surface area contributed by atoms with E-state index < -0.39 is 22.8 Å². The fourth-order valence-electron chi connectivity index (χ4n) is 2.74. The summed E-state index contributed by atoms with van der Waals surface area (Å²) < 4.78 is 52.0. The van der Waals surface area contributed by atoms with Crippen molar-refractivity contribution in [3.05, 3.63) is 63.9 Å². The molecule has 0 aromatic heterocycles. The normalized spacial score (nSPS) is 14.2. The highest BCUT2D eigenvalue weighted by atomic mass is 35.5. The Morgan fingerprint density at radius 2 is 1.96 bits per heavy atom. The second-order valence-electron chi connectivity index (χ2n) is 5.67. The number of hydrogen-bond acceptors (Lipinski definition) is 1. The van der Waals surface area contributed by atoms with Crippen LogP contribution in [-0.2, 0) is 19.1 Å². The van der Waals surface area contributed by atoms with E-state index in [1.807, 2.05) is 6.07 Å². The Bertz CT molecular complexity index is 823. The van der Waals surface area contributed by atoms with E-state index in [1.54, 1.807) is 6.07 Å². The molecule has 25 heavy (non-hydrogen) atoms. The molecule has 3 nitrogen and oxygen atoms in total. The molecule has 0 unspecified atom stereocenters. The van der Waals surface area contributed by atoms with Crippen LogP contribution in [0, 0.1) is 5.82 Å². The molecule has 0 fully saturated rings. The number of halogens is 5. The number of benzene rings is 2. The van der Waals surface area contributed by atoms with E-state index in [2.05, 4.69) is 5.32 Å². The maximum Gasteiger partial charge on any atom is 0.417 e. The minimum Gasteiger partial charge on any atom is -0.320 e. The van der Waals surface area contributed by atoms with Gasteiger partial charge in [0.15, 0.2) is 0 Å². The third-order valence-corrected chi connectivity index (χ3v) is 4.34. The van der Waals surface area contributed by atoms with Crippen LogP contribution in [0.5, 0.6) is 0 Å². The zero-order valence-electron chi connectivity index (χ0n) is 12.8. The first kappa shape index (κ1) is 17.5. The molecule has 1 heterocycles. The first-order valence-corrected chi connectivity index (χ1v) is 7.82. The first-order chi connectivity index (χ1) is 11.8. The third-order valence-electron chi connectivity index (χ3n) is 4.03. The summed E-state index contributed by atoms with van der Waals surface area (Å²) in [6.07, 6.45) is -4.05. The lowest BCUT2D eigenvalue weighted by Gasteiger charge is -2.29. The molecule has 2 aromatic carbocycles. The fraction of sp³-hybridized carbons (Fsp3) is 0.235. The summed E-state index contributed by atoms with van der Waals surface area (Å²) in [5, 5.41) is 1.99. The third kappa shape index (κ3) is 3.71. The van der Waals surface area contributed by atoms with Crippen LogP contribution < -0.4 is 5.32 Å². The van der Waals surface area contributed by atoms with Crippen LogP contribution in [-0.4, -0.2) is 17.5 Å². The Morgan fingerprint density at radius 3 is 2.64 bits per heavy atom. The molecule has 0 bridgehead atoms. The van der Waals surface area contributed by atoms with Gasteiger partial charge in [-0.25, -0.2) is 9.18 Å². The molecule has 0 saturated carbocycles. The summed E-state index contributed by atoms with van der Waals surface area (Å²) >= 11 is 5.64. The SMILES string of the molecule is O=C(Nc1ccc(C(F)(F)F)c(Cl)c1)N1CCc2cccc(F)c2C1. The van der Waals surface area contributed by atoms with Crippen molar-refractivity contribution in [2.45, 2.75) is 19.1 Å². The number of rotatable bonds is 1. The van der Waals surface area contributed by atoms with Gasteiger partial charge in [-0.3, -0.25) is 0 Å². The quantitative estimate of drug-likeness (QED) is 0.695. The van der Waals surface area contributed by atoms with Crippen molar-refractivity contribution in [3.8, 4) is 0 Å². The number of amides is 2. The van der Waals surface area contributed by atoms with Crippen LogP contribution in [0.25, 0.3) is 0 Å². The van der Waals surface area contributed by atoms with Gasteiger partial charge in [0.05, 0.1) is 17.1 Å². The smallest absolute Gasteiger partial charge is 0.320 e. The van der Waals surface area contributed by atoms with Crippen LogP contribution in [0.1, 0.15) is 16.7 Å². The summed E-state index contributed by atoms with van der Waals surface area (Å²) in [7, 11) is 0. The number of nitrogens with one attached hydrogen (secondary N) is 1. The maximum atomic E-state index is 13.9. The Morgan fingerprint density at radius 1 is 1.20 bits per heavy atom. The van der Waals surface area contributed by atoms with E-state index >= 15 is 0 Å². The second kappa shape index (κ2) is 6.55. The number of fused-ring (bicyclic) bond motifs is 1. The van der Waals surface area contributed by atoms with Gasteiger partial charge in [-0.2, -0.15) is 13.2 Å². The maximum absolute atomic E-state index is 13.9. The van der Waals surface area contributed by atoms with E-state index in [9.17, 15) is 22.4 Å². The minimum atomic E-state index is -4.56. The number of nitrogens with zero attached hydrogens (tertiary/aromatic N) is 1. The van der Waals surface area contributed by atoms with Gasteiger partial charge < -0.3 is 10.2 Å². The lowest BCUT2D eigenvalue weighted by molar-refractivity contribution is -0.137. The van der Waals surface area contributed by atoms with Gasteiger partial charge in [0.2, 0.25) is 0 Å². The second-order valence-corrected chi connectivity index (χ2v) is 6.08. The lowest BCUT2D eigenvalue weighted by atomic mass is 9.99. The number of carbonyl (C=O) groups is 1. The molecule has 0 spiro atoms. The predicted octanol–water partition coefficient (Wildman–Crippen LogP) is 5.09. The molecular formula is C17H13ClF4N2O. The van der Waals surface area contributed by atoms with Gasteiger partial charge in [0.25, 0.3) is 0 Å². The van der Waals surface area contributed by atoms with E-state index in [-0.39, 0.29) is 18.0 Å². The number of anilines is 1. The Balaban J connectivity index is 1.73. The number of hydrogen-bond donors (Lipinski definition) is 1. The summed E-state index contributed by atoms with van der Waals surface area (Å²) in [5.74, 6) is -0.382. The van der Waals surface area contributed by atoms with Crippen molar-refractivity contribution in [1.29, 1.82) is 0 Å². The van der Waals surface area contributed by atoms with Crippen LogP contribution in [0.4, 0.5) is 28.0 Å². The largest absolute Gasteiger partial charge is 0.417 e.